The van der Waals surface area contributed by atoms with E-state index >= 15 is 0 Å². The summed E-state index contributed by atoms with van der Waals surface area (Å²) in [5.41, 5.74) is 2.83. The zero-order valence-corrected chi connectivity index (χ0v) is 16.2. The number of thiophene rings is 1. The molecule has 0 aliphatic heterocycles. The number of hydrogen-bond donors (Lipinski definition) is 3. The van der Waals surface area contributed by atoms with E-state index in [2.05, 4.69) is 11.9 Å². The van der Waals surface area contributed by atoms with Crippen LogP contribution in [-0.4, -0.2) is 37.2 Å². The Labute approximate surface area is 161 Å². The van der Waals surface area contributed by atoms with Crippen LogP contribution in [0.2, 0.25) is 0 Å². The van der Waals surface area contributed by atoms with Crippen molar-refractivity contribution in [2.45, 2.75) is 18.2 Å². The molecule has 2 unspecified atom stereocenters. The molecular weight excluding hydrogens is 388 g/mol. The summed E-state index contributed by atoms with van der Waals surface area (Å²) in [6.07, 6.45) is 1.27. The van der Waals surface area contributed by atoms with Crippen molar-refractivity contribution < 1.29 is 23.2 Å². The van der Waals surface area contributed by atoms with Gasteiger partial charge in [0.1, 0.15) is 11.3 Å². The topological polar surface area (TPSA) is 113 Å². The molecule has 9 heteroatoms. The monoisotopic (exact) mass is 408 g/mol. The van der Waals surface area contributed by atoms with Crippen LogP contribution >= 0.6 is 11.3 Å². The van der Waals surface area contributed by atoms with Crippen LogP contribution in [0.1, 0.15) is 17.7 Å². The molecule has 3 N–H and O–H groups in total. The van der Waals surface area contributed by atoms with Gasteiger partial charge in [-0.25, -0.2) is 13.9 Å². The summed E-state index contributed by atoms with van der Waals surface area (Å²) < 4.78 is 25.6. The number of carbonyl (C=O) groups is 2. The van der Waals surface area contributed by atoms with Gasteiger partial charge in [0, 0.05) is 11.8 Å². The van der Waals surface area contributed by atoms with Crippen LogP contribution in [0.3, 0.4) is 0 Å². The summed E-state index contributed by atoms with van der Waals surface area (Å²) in [5, 5.41) is 11.9. The van der Waals surface area contributed by atoms with Crippen molar-refractivity contribution in [2.24, 2.45) is 0 Å². The number of amides is 2. The summed E-state index contributed by atoms with van der Waals surface area (Å²) in [6, 6.07) is 9.51. The first-order valence-electron chi connectivity index (χ1n) is 7.97. The Morgan fingerprint density at radius 3 is 2.41 bits per heavy atom. The summed E-state index contributed by atoms with van der Waals surface area (Å²) >= 11 is 1.57. The van der Waals surface area contributed by atoms with Crippen LogP contribution in [0.25, 0.3) is 10.4 Å². The average molecular weight is 409 g/mol. The maximum atomic E-state index is 12.8. The Hall–Kier alpha value is -2.49. The van der Waals surface area contributed by atoms with Gasteiger partial charge in [-0.2, -0.15) is 0 Å². The standard InChI is InChI=1S/C18H20N2O5S2/c1-3-17(14-8-6-13(7-9-14)16-5-4-10-26-16)27(24,25)11-15(18(22)20-23)19-12(2)21/h3-10,15,17,23H,1,11H2,2H3,(H,19,21)(H,20,22). The predicted octanol–water partition coefficient (Wildman–Crippen LogP) is 2.07. The smallest absolute Gasteiger partial charge is 0.266 e. The lowest BCUT2D eigenvalue weighted by molar-refractivity contribution is -0.133. The molecule has 0 aliphatic carbocycles. The third-order valence-corrected chi connectivity index (χ3v) is 6.80. The largest absolute Gasteiger partial charge is 0.343 e. The quantitative estimate of drug-likeness (QED) is 0.352. The van der Waals surface area contributed by atoms with Crippen molar-refractivity contribution in [1.29, 1.82) is 0 Å². The van der Waals surface area contributed by atoms with Gasteiger partial charge in [0.25, 0.3) is 5.91 Å². The van der Waals surface area contributed by atoms with E-state index in [1.54, 1.807) is 23.5 Å². The Balaban J connectivity index is 2.27. The first-order valence-corrected chi connectivity index (χ1v) is 10.6. The van der Waals surface area contributed by atoms with Crippen molar-refractivity contribution >= 4 is 33.0 Å². The van der Waals surface area contributed by atoms with Gasteiger partial charge in [-0.3, -0.25) is 14.8 Å². The highest BCUT2D eigenvalue weighted by atomic mass is 32.2. The van der Waals surface area contributed by atoms with Gasteiger partial charge < -0.3 is 5.32 Å². The third kappa shape index (κ3) is 5.25. The van der Waals surface area contributed by atoms with Crippen LogP contribution in [0.5, 0.6) is 0 Å². The summed E-state index contributed by atoms with van der Waals surface area (Å²) in [7, 11) is -3.89. The maximum absolute atomic E-state index is 12.8. The number of hydrogen-bond acceptors (Lipinski definition) is 6. The molecule has 1 heterocycles. The van der Waals surface area contributed by atoms with E-state index in [-0.39, 0.29) is 0 Å². The molecule has 0 bridgehead atoms. The van der Waals surface area contributed by atoms with E-state index in [0.29, 0.717) is 5.56 Å². The molecular formula is C18H20N2O5S2. The minimum Gasteiger partial charge on any atom is -0.343 e. The van der Waals surface area contributed by atoms with Gasteiger partial charge in [-0.15, -0.1) is 17.9 Å². The molecule has 0 radical (unpaired) electrons. The molecule has 2 atom stereocenters. The SMILES string of the molecule is C=CC(c1ccc(-c2cccs2)cc1)S(=O)(=O)CC(NC(C)=O)C(=O)NO. The Bertz CT molecular complexity index is 906. The normalized spacial score (nSPS) is 13.4. The fourth-order valence-electron chi connectivity index (χ4n) is 2.61. The predicted molar refractivity (Wildman–Crippen MR) is 104 cm³/mol. The highest BCUT2D eigenvalue weighted by molar-refractivity contribution is 7.91. The van der Waals surface area contributed by atoms with Crippen LogP contribution in [0.4, 0.5) is 0 Å². The molecule has 1 aromatic heterocycles. The first kappa shape index (κ1) is 20.8. The van der Waals surface area contributed by atoms with E-state index in [1.165, 1.54) is 11.6 Å². The number of benzene rings is 1. The molecule has 2 rings (SSSR count). The third-order valence-electron chi connectivity index (χ3n) is 3.85. The van der Waals surface area contributed by atoms with Gasteiger partial charge in [0.15, 0.2) is 9.84 Å². The Kier molecular flexibility index (Phi) is 6.89. The molecule has 7 nitrogen and oxygen atoms in total. The fourth-order valence-corrected chi connectivity index (χ4v) is 5.12. The zero-order valence-electron chi connectivity index (χ0n) is 14.6. The number of rotatable bonds is 8. The molecule has 27 heavy (non-hydrogen) atoms. The number of nitrogens with one attached hydrogen (secondary N) is 2. The van der Waals surface area contributed by atoms with E-state index in [0.717, 1.165) is 17.4 Å². The Morgan fingerprint density at radius 1 is 1.26 bits per heavy atom. The molecule has 2 aromatic rings. The van der Waals surface area contributed by atoms with E-state index in [1.807, 2.05) is 29.6 Å². The van der Waals surface area contributed by atoms with Crippen LogP contribution in [0, 0.1) is 0 Å². The van der Waals surface area contributed by atoms with Crippen LogP contribution in [0.15, 0.2) is 54.4 Å². The van der Waals surface area contributed by atoms with E-state index in [4.69, 9.17) is 5.21 Å². The summed E-state index contributed by atoms with van der Waals surface area (Å²) in [5.74, 6) is -2.28. The second-order valence-electron chi connectivity index (χ2n) is 5.81. The van der Waals surface area contributed by atoms with Gasteiger partial charge in [-0.1, -0.05) is 36.4 Å². The molecule has 0 aliphatic rings. The molecule has 0 saturated carbocycles. The first-order chi connectivity index (χ1) is 12.8. The average Bonchev–Trinajstić information content (AvgIpc) is 3.15. The maximum Gasteiger partial charge on any atom is 0.266 e. The van der Waals surface area contributed by atoms with Crippen molar-refractivity contribution in [3.05, 3.63) is 60.0 Å². The number of hydroxylamine groups is 1. The van der Waals surface area contributed by atoms with Crippen LogP contribution < -0.4 is 10.8 Å². The molecule has 1 aromatic carbocycles. The number of sulfone groups is 1. The van der Waals surface area contributed by atoms with Crippen molar-refractivity contribution in [1.82, 2.24) is 10.8 Å². The molecule has 2 amide bonds. The lowest BCUT2D eigenvalue weighted by atomic mass is 10.1. The lowest BCUT2D eigenvalue weighted by Crippen LogP contribution is -2.49. The van der Waals surface area contributed by atoms with Gasteiger partial charge in [0.05, 0.1) is 5.75 Å². The van der Waals surface area contributed by atoms with Gasteiger partial charge >= 0.3 is 0 Å². The summed E-state index contributed by atoms with van der Waals surface area (Å²) in [6.45, 7) is 4.75. The zero-order chi connectivity index (χ0) is 20.0. The van der Waals surface area contributed by atoms with E-state index < -0.39 is 38.7 Å². The van der Waals surface area contributed by atoms with Gasteiger partial charge in [0.2, 0.25) is 5.91 Å². The molecule has 144 valence electrons. The second-order valence-corrected chi connectivity index (χ2v) is 8.93. The highest BCUT2D eigenvalue weighted by Gasteiger charge is 2.31. The van der Waals surface area contributed by atoms with Gasteiger partial charge in [-0.05, 0) is 22.6 Å². The van der Waals surface area contributed by atoms with Crippen molar-refractivity contribution in [2.75, 3.05) is 5.75 Å². The second kappa shape index (κ2) is 8.94. The highest BCUT2D eigenvalue weighted by Crippen LogP contribution is 2.29. The molecule has 0 spiro atoms. The van der Waals surface area contributed by atoms with Crippen molar-refractivity contribution in [3.63, 3.8) is 0 Å². The number of carbonyl (C=O) groups excluding carboxylic acids is 2. The van der Waals surface area contributed by atoms with Crippen LogP contribution in [-0.2, 0) is 19.4 Å². The Morgan fingerprint density at radius 2 is 1.93 bits per heavy atom. The minimum absolute atomic E-state index is 0.497. The molecule has 0 saturated heterocycles. The minimum atomic E-state index is -3.89. The fraction of sp³-hybridized carbons (Fsp3) is 0.222. The van der Waals surface area contributed by atoms with Crippen molar-refractivity contribution in [3.8, 4) is 10.4 Å². The summed E-state index contributed by atoms with van der Waals surface area (Å²) in [4.78, 5) is 24.0. The molecule has 0 fully saturated rings. The van der Waals surface area contributed by atoms with E-state index in [9.17, 15) is 18.0 Å². The lowest BCUT2D eigenvalue weighted by Gasteiger charge is -2.20.